The van der Waals surface area contributed by atoms with Crippen molar-refractivity contribution >= 4 is 0 Å². The van der Waals surface area contributed by atoms with Crippen molar-refractivity contribution < 1.29 is 0 Å². The van der Waals surface area contributed by atoms with Crippen LogP contribution in [0.2, 0.25) is 0 Å². The summed E-state index contributed by atoms with van der Waals surface area (Å²) in [4.78, 5) is 7.17. The number of nitrogens with zero attached hydrogens (tertiary/aromatic N) is 3. The van der Waals surface area contributed by atoms with E-state index in [0.29, 0.717) is 0 Å². The van der Waals surface area contributed by atoms with Crippen LogP contribution in [-0.2, 0) is 0 Å². The van der Waals surface area contributed by atoms with Crippen LogP contribution in [0.5, 0.6) is 0 Å². The molecule has 3 saturated heterocycles. The molecular weight excluding hydrogens is 214 g/mol. The van der Waals surface area contributed by atoms with Crippen LogP contribution in [0.1, 0.15) is 19.8 Å². The first-order valence-corrected chi connectivity index (χ1v) is 6.91. The molecule has 0 aromatic carbocycles. The van der Waals surface area contributed by atoms with Gasteiger partial charge in [-0.3, -0.25) is 20.4 Å². The van der Waals surface area contributed by atoms with Gasteiger partial charge in [-0.25, -0.2) is 0 Å². The van der Waals surface area contributed by atoms with Crippen molar-refractivity contribution in [3.05, 3.63) is 0 Å². The maximum absolute atomic E-state index is 6.66. The maximum atomic E-state index is 6.66. The summed E-state index contributed by atoms with van der Waals surface area (Å²) in [5, 5.41) is 0. The number of hydrogen-bond donors (Lipinski definition) is 2. The van der Waals surface area contributed by atoms with Crippen LogP contribution in [0.4, 0.5) is 0 Å². The molecule has 4 atom stereocenters. The summed E-state index contributed by atoms with van der Waals surface area (Å²) >= 11 is 0. The first-order chi connectivity index (χ1) is 8.12. The topological polar surface area (TPSA) is 61.8 Å². The first kappa shape index (κ1) is 11.9. The molecule has 5 heteroatoms. The highest BCUT2D eigenvalue weighted by atomic mass is 15.6. The van der Waals surface area contributed by atoms with E-state index in [9.17, 15) is 0 Å². The highest BCUT2D eigenvalue weighted by molar-refractivity contribution is 5.02. The molecule has 0 aromatic rings. The monoisotopic (exact) mass is 239 g/mol. The molecule has 4 N–H and O–H groups in total. The summed E-state index contributed by atoms with van der Waals surface area (Å²) in [6.07, 6.45) is 2.45. The summed E-state index contributed by atoms with van der Waals surface area (Å²) in [6.45, 7) is 8.82. The van der Waals surface area contributed by atoms with E-state index >= 15 is 0 Å². The molecule has 0 spiro atoms. The minimum Gasteiger partial charge on any atom is -0.312 e. The molecular formula is C12H25N5. The highest BCUT2D eigenvalue weighted by Crippen LogP contribution is 2.31. The van der Waals surface area contributed by atoms with E-state index in [4.69, 9.17) is 11.5 Å². The van der Waals surface area contributed by atoms with Gasteiger partial charge in [0.05, 0.1) is 0 Å². The number of piperazine rings is 1. The third kappa shape index (κ3) is 1.72. The molecule has 2 bridgehead atoms. The molecule has 17 heavy (non-hydrogen) atoms. The lowest BCUT2D eigenvalue weighted by Crippen LogP contribution is -2.78. The van der Waals surface area contributed by atoms with Crippen molar-refractivity contribution in [3.63, 3.8) is 0 Å². The smallest absolute Gasteiger partial charge is 0.155 e. The Kier molecular flexibility index (Phi) is 2.91. The van der Waals surface area contributed by atoms with Crippen molar-refractivity contribution in [1.29, 1.82) is 0 Å². The second-order valence-corrected chi connectivity index (χ2v) is 5.92. The van der Waals surface area contributed by atoms with Gasteiger partial charge in [0, 0.05) is 39.3 Å². The van der Waals surface area contributed by atoms with E-state index in [0.717, 1.165) is 45.2 Å². The summed E-state index contributed by atoms with van der Waals surface area (Å²) in [5.41, 5.74) is 13.1. The quantitative estimate of drug-likeness (QED) is 0.582. The van der Waals surface area contributed by atoms with Crippen molar-refractivity contribution in [3.8, 4) is 0 Å². The third-order valence-corrected chi connectivity index (χ3v) is 4.94. The van der Waals surface area contributed by atoms with Gasteiger partial charge in [-0.2, -0.15) is 0 Å². The number of rotatable bonds is 0. The largest absolute Gasteiger partial charge is 0.312 e. The predicted molar refractivity (Wildman–Crippen MR) is 68.0 cm³/mol. The van der Waals surface area contributed by atoms with Crippen LogP contribution in [0.15, 0.2) is 0 Å². The van der Waals surface area contributed by atoms with Gasteiger partial charge in [0.1, 0.15) is 6.17 Å². The van der Waals surface area contributed by atoms with E-state index in [1.807, 2.05) is 0 Å². The fourth-order valence-electron chi connectivity index (χ4n) is 3.57. The average Bonchev–Trinajstić information content (AvgIpc) is 2.63. The average molecular weight is 239 g/mol. The lowest BCUT2D eigenvalue weighted by atomic mass is 10.0. The summed E-state index contributed by atoms with van der Waals surface area (Å²) in [5.74, 6) is 0.363. The molecule has 3 fully saturated rings. The molecule has 3 heterocycles. The zero-order valence-electron chi connectivity index (χ0n) is 10.8. The van der Waals surface area contributed by atoms with Gasteiger partial charge in [0.15, 0.2) is 5.79 Å². The van der Waals surface area contributed by atoms with E-state index in [1.165, 1.54) is 12.8 Å². The fraction of sp³-hybridized carbons (Fsp3) is 1.00. The highest BCUT2D eigenvalue weighted by Gasteiger charge is 2.52. The number of fused-ring (bicyclic) bond motifs is 1. The molecule has 98 valence electrons. The van der Waals surface area contributed by atoms with Gasteiger partial charge >= 0.3 is 0 Å². The number of nitrogens with two attached hydrogens (primary N) is 2. The van der Waals surface area contributed by atoms with Crippen LogP contribution >= 0.6 is 0 Å². The molecule has 3 aliphatic rings. The predicted octanol–water partition coefficient (Wildman–Crippen LogP) is -0.753. The molecule has 5 nitrogen and oxygen atoms in total. The molecule has 3 aliphatic heterocycles. The van der Waals surface area contributed by atoms with E-state index in [2.05, 4.69) is 21.6 Å². The second-order valence-electron chi connectivity index (χ2n) is 5.92. The van der Waals surface area contributed by atoms with Crippen LogP contribution in [0, 0.1) is 5.92 Å². The lowest BCUT2D eigenvalue weighted by molar-refractivity contribution is -0.0910. The molecule has 3 rings (SSSR count). The first-order valence-electron chi connectivity index (χ1n) is 6.91. The Morgan fingerprint density at radius 2 is 1.53 bits per heavy atom. The van der Waals surface area contributed by atoms with Crippen LogP contribution in [0.25, 0.3) is 0 Å². The van der Waals surface area contributed by atoms with Gasteiger partial charge in [-0.05, 0) is 18.8 Å². The van der Waals surface area contributed by atoms with Gasteiger partial charge in [0.25, 0.3) is 0 Å². The Hall–Kier alpha value is -0.200. The molecule has 2 unspecified atom stereocenters. The van der Waals surface area contributed by atoms with Crippen molar-refractivity contribution in [1.82, 2.24) is 14.7 Å². The normalized spacial score (nSPS) is 48.5. The third-order valence-electron chi connectivity index (χ3n) is 4.94. The minimum atomic E-state index is -0.414. The second kappa shape index (κ2) is 4.17. The molecule has 0 aromatic heterocycles. The Morgan fingerprint density at radius 3 is 2.29 bits per heavy atom. The van der Waals surface area contributed by atoms with Crippen molar-refractivity contribution in [2.45, 2.75) is 31.7 Å². The van der Waals surface area contributed by atoms with Gasteiger partial charge in [-0.15, -0.1) is 0 Å². The van der Waals surface area contributed by atoms with Crippen LogP contribution in [0.3, 0.4) is 0 Å². The molecule has 0 amide bonds. The maximum Gasteiger partial charge on any atom is 0.155 e. The summed E-state index contributed by atoms with van der Waals surface area (Å²) in [7, 11) is 0. The summed E-state index contributed by atoms with van der Waals surface area (Å²) in [6, 6.07) is 0. The van der Waals surface area contributed by atoms with E-state index in [1.54, 1.807) is 0 Å². The van der Waals surface area contributed by atoms with Gasteiger partial charge in [0.2, 0.25) is 0 Å². The van der Waals surface area contributed by atoms with E-state index in [-0.39, 0.29) is 6.17 Å². The number of hydrogen-bond acceptors (Lipinski definition) is 5. The zero-order valence-corrected chi connectivity index (χ0v) is 10.8. The van der Waals surface area contributed by atoms with Crippen LogP contribution in [-0.4, -0.2) is 65.9 Å². The molecule has 0 radical (unpaired) electrons. The fourth-order valence-corrected chi connectivity index (χ4v) is 3.57. The van der Waals surface area contributed by atoms with Crippen molar-refractivity contribution in [2.75, 3.05) is 39.3 Å². The zero-order chi connectivity index (χ0) is 12.0. The van der Waals surface area contributed by atoms with Gasteiger partial charge < -0.3 is 5.73 Å². The Bertz CT molecular complexity index is 297. The van der Waals surface area contributed by atoms with Crippen molar-refractivity contribution in [2.24, 2.45) is 17.4 Å². The van der Waals surface area contributed by atoms with E-state index < -0.39 is 5.79 Å². The SMILES string of the molecule is CC1CCN2CCN3CCN(CC1)[C@]3(N)[C@H]2N. The van der Waals surface area contributed by atoms with Crippen LogP contribution < -0.4 is 11.5 Å². The lowest BCUT2D eigenvalue weighted by Gasteiger charge is -2.52. The molecule has 0 saturated carbocycles. The minimum absolute atomic E-state index is 0.0379. The Balaban J connectivity index is 1.91. The molecule has 0 aliphatic carbocycles. The Labute approximate surface area is 104 Å². The standard InChI is InChI=1S/C12H25N5/c1-10-2-4-15-6-7-17-9-8-16(5-3-10)12(17,14)11(15)13/h10-11H,2-9,13-14H2,1H3/t10?,11-,12+/m0/s1. The Morgan fingerprint density at radius 1 is 0.941 bits per heavy atom. The van der Waals surface area contributed by atoms with Gasteiger partial charge in [-0.1, -0.05) is 6.92 Å². The summed E-state index contributed by atoms with van der Waals surface area (Å²) < 4.78 is 0.